The molecule has 0 amide bonds. The summed E-state index contributed by atoms with van der Waals surface area (Å²) in [5.74, 6) is 0.111. The Bertz CT molecular complexity index is 564. The van der Waals surface area contributed by atoms with Crippen molar-refractivity contribution in [2.45, 2.75) is 20.4 Å². The van der Waals surface area contributed by atoms with E-state index in [1.807, 2.05) is 0 Å². The molecule has 1 aromatic heterocycles. The first-order valence-electron chi connectivity index (χ1n) is 5.70. The summed E-state index contributed by atoms with van der Waals surface area (Å²) in [6, 6.07) is 0. The maximum atomic E-state index is 11.6. The minimum absolute atomic E-state index is 0.0544. The Labute approximate surface area is 112 Å². The number of nitrogen functional groups attached to an aromatic ring is 1. The number of nitrogens with zero attached hydrogens (tertiary/aromatic N) is 2. The zero-order valence-corrected chi connectivity index (χ0v) is 12.0. The van der Waals surface area contributed by atoms with E-state index in [-0.39, 0.29) is 31.2 Å². The number of nitrogens with two attached hydrogens (primary N) is 1. The molecule has 0 saturated carbocycles. The molecule has 0 unspecified atom stereocenters. The van der Waals surface area contributed by atoms with Crippen LogP contribution < -0.4 is 10.5 Å². The maximum absolute atomic E-state index is 11.6. The number of imidazole rings is 1. The standard InChI is InChI=1S/C10H18N4O4S/c1-4-18-10(15)8-9(11)14(7(2)13-8)6-5-12-19(3,16)17/h12H,4-6,11H2,1-3H3. The molecule has 19 heavy (non-hydrogen) atoms. The van der Waals surface area contributed by atoms with Crippen LogP contribution in [0, 0.1) is 6.92 Å². The molecule has 0 spiro atoms. The number of carbonyl (C=O) groups is 1. The molecule has 1 rings (SSSR count). The lowest BCUT2D eigenvalue weighted by Crippen LogP contribution is -2.26. The molecule has 108 valence electrons. The molecule has 3 N–H and O–H groups in total. The van der Waals surface area contributed by atoms with Crippen LogP contribution >= 0.6 is 0 Å². The smallest absolute Gasteiger partial charge is 0.360 e. The molecule has 1 heterocycles. The number of nitrogens with one attached hydrogen (secondary N) is 1. The Kier molecular flexibility index (Phi) is 4.90. The Morgan fingerprint density at radius 3 is 2.68 bits per heavy atom. The topological polar surface area (TPSA) is 116 Å². The number of rotatable bonds is 6. The molecular formula is C10H18N4O4S. The van der Waals surface area contributed by atoms with Crippen molar-refractivity contribution in [2.75, 3.05) is 25.1 Å². The molecule has 0 fully saturated rings. The Morgan fingerprint density at radius 1 is 1.53 bits per heavy atom. The van der Waals surface area contributed by atoms with Gasteiger partial charge in [0.2, 0.25) is 10.0 Å². The lowest BCUT2D eigenvalue weighted by molar-refractivity contribution is 0.0521. The van der Waals surface area contributed by atoms with Crippen molar-refractivity contribution in [3.8, 4) is 0 Å². The third kappa shape index (κ3) is 4.21. The molecule has 8 nitrogen and oxygen atoms in total. The predicted molar refractivity (Wildman–Crippen MR) is 70.2 cm³/mol. The summed E-state index contributed by atoms with van der Waals surface area (Å²) in [5, 5.41) is 0. The monoisotopic (exact) mass is 290 g/mol. The molecular weight excluding hydrogens is 272 g/mol. The number of carbonyl (C=O) groups excluding carboxylic acids is 1. The van der Waals surface area contributed by atoms with Crippen LogP contribution in [0.25, 0.3) is 0 Å². The fourth-order valence-corrected chi connectivity index (χ4v) is 2.02. The van der Waals surface area contributed by atoms with Crippen LogP contribution in [-0.4, -0.2) is 43.3 Å². The minimum atomic E-state index is -3.25. The van der Waals surface area contributed by atoms with Gasteiger partial charge in [-0.05, 0) is 13.8 Å². The SMILES string of the molecule is CCOC(=O)c1nc(C)n(CCNS(C)(=O)=O)c1N. The highest BCUT2D eigenvalue weighted by atomic mass is 32.2. The fraction of sp³-hybridized carbons (Fsp3) is 0.600. The molecule has 0 atom stereocenters. The van der Waals surface area contributed by atoms with Gasteiger partial charge in [-0.15, -0.1) is 0 Å². The van der Waals surface area contributed by atoms with Crippen molar-refractivity contribution < 1.29 is 17.9 Å². The number of esters is 1. The second kappa shape index (κ2) is 6.02. The highest BCUT2D eigenvalue weighted by Crippen LogP contribution is 2.14. The van der Waals surface area contributed by atoms with Crippen molar-refractivity contribution in [1.82, 2.24) is 14.3 Å². The van der Waals surface area contributed by atoms with Gasteiger partial charge < -0.3 is 15.0 Å². The van der Waals surface area contributed by atoms with E-state index in [2.05, 4.69) is 9.71 Å². The summed E-state index contributed by atoms with van der Waals surface area (Å²) < 4.78 is 30.6. The van der Waals surface area contributed by atoms with Gasteiger partial charge in [0.05, 0.1) is 12.9 Å². The van der Waals surface area contributed by atoms with Gasteiger partial charge in [0.25, 0.3) is 0 Å². The molecule has 0 aromatic carbocycles. The number of hydrogen-bond acceptors (Lipinski definition) is 6. The van der Waals surface area contributed by atoms with Crippen molar-refractivity contribution in [3.05, 3.63) is 11.5 Å². The third-order valence-electron chi connectivity index (χ3n) is 2.37. The number of aromatic nitrogens is 2. The summed E-state index contributed by atoms with van der Waals surface area (Å²) >= 11 is 0. The average molecular weight is 290 g/mol. The summed E-state index contributed by atoms with van der Waals surface area (Å²) in [6.07, 6.45) is 1.07. The van der Waals surface area contributed by atoms with Gasteiger partial charge in [-0.2, -0.15) is 0 Å². The average Bonchev–Trinajstić information content (AvgIpc) is 2.55. The van der Waals surface area contributed by atoms with E-state index < -0.39 is 16.0 Å². The number of hydrogen-bond donors (Lipinski definition) is 2. The van der Waals surface area contributed by atoms with E-state index >= 15 is 0 Å². The zero-order chi connectivity index (χ0) is 14.6. The van der Waals surface area contributed by atoms with Crippen molar-refractivity contribution in [2.24, 2.45) is 0 Å². The molecule has 0 radical (unpaired) electrons. The number of ether oxygens (including phenoxy) is 1. The lowest BCUT2D eigenvalue weighted by Gasteiger charge is -2.08. The minimum Gasteiger partial charge on any atom is -0.461 e. The van der Waals surface area contributed by atoms with Crippen LogP contribution in [0.15, 0.2) is 0 Å². The first-order chi connectivity index (χ1) is 8.76. The molecule has 0 aliphatic carbocycles. The predicted octanol–water partition coefficient (Wildman–Crippen LogP) is -0.500. The highest BCUT2D eigenvalue weighted by molar-refractivity contribution is 7.88. The second-order valence-corrected chi connectivity index (χ2v) is 5.76. The van der Waals surface area contributed by atoms with Crippen LogP contribution in [0.3, 0.4) is 0 Å². The van der Waals surface area contributed by atoms with Crippen molar-refractivity contribution in [3.63, 3.8) is 0 Å². The van der Waals surface area contributed by atoms with Gasteiger partial charge in [0.15, 0.2) is 5.69 Å². The van der Waals surface area contributed by atoms with Gasteiger partial charge in [-0.1, -0.05) is 0 Å². The molecule has 0 bridgehead atoms. The molecule has 0 saturated heterocycles. The van der Waals surface area contributed by atoms with E-state index in [1.165, 1.54) is 0 Å². The van der Waals surface area contributed by atoms with E-state index in [0.717, 1.165) is 6.26 Å². The summed E-state index contributed by atoms with van der Waals surface area (Å²) in [7, 11) is -3.25. The van der Waals surface area contributed by atoms with Gasteiger partial charge in [0, 0.05) is 13.1 Å². The van der Waals surface area contributed by atoms with Crippen LogP contribution in [0.4, 0.5) is 5.82 Å². The third-order valence-corrected chi connectivity index (χ3v) is 3.09. The first kappa shape index (κ1) is 15.4. The van der Waals surface area contributed by atoms with Crippen LogP contribution in [0.5, 0.6) is 0 Å². The van der Waals surface area contributed by atoms with Gasteiger partial charge in [-0.3, -0.25) is 0 Å². The molecule has 9 heteroatoms. The molecule has 0 aliphatic heterocycles. The van der Waals surface area contributed by atoms with Crippen LogP contribution in [0.2, 0.25) is 0 Å². The highest BCUT2D eigenvalue weighted by Gasteiger charge is 2.19. The van der Waals surface area contributed by atoms with E-state index in [1.54, 1.807) is 18.4 Å². The lowest BCUT2D eigenvalue weighted by atomic mass is 10.4. The van der Waals surface area contributed by atoms with Crippen LogP contribution in [0.1, 0.15) is 23.2 Å². The van der Waals surface area contributed by atoms with Crippen molar-refractivity contribution >= 4 is 21.8 Å². The van der Waals surface area contributed by atoms with Crippen molar-refractivity contribution in [1.29, 1.82) is 0 Å². The Balaban J connectivity index is 2.82. The van der Waals surface area contributed by atoms with Crippen LogP contribution in [-0.2, 0) is 21.3 Å². The Morgan fingerprint density at radius 2 is 2.16 bits per heavy atom. The largest absolute Gasteiger partial charge is 0.461 e. The number of aryl methyl sites for hydroxylation is 1. The zero-order valence-electron chi connectivity index (χ0n) is 11.1. The molecule has 1 aromatic rings. The van der Waals surface area contributed by atoms with E-state index in [4.69, 9.17) is 10.5 Å². The van der Waals surface area contributed by atoms with E-state index in [0.29, 0.717) is 5.82 Å². The Hall–Kier alpha value is -1.61. The quantitative estimate of drug-likeness (QED) is 0.682. The van der Waals surface area contributed by atoms with Gasteiger partial charge in [-0.25, -0.2) is 22.9 Å². The maximum Gasteiger partial charge on any atom is 0.360 e. The number of sulfonamides is 1. The van der Waals surface area contributed by atoms with Gasteiger partial charge in [0.1, 0.15) is 11.6 Å². The molecule has 0 aliphatic rings. The summed E-state index contributed by atoms with van der Waals surface area (Å²) in [4.78, 5) is 15.6. The first-order valence-corrected chi connectivity index (χ1v) is 7.59. The summed E-state index contributed by atoms with van der Waals surface area (Å²) in [5.41, 5.74) is 5.86. The van der Waals surface area contributed by atoms with Gasteiger partial charge >= 0.3 is 5.97 Å². The van der Waals surface area contributed by atoms with E-state index in [9.17, 15) is 13.2 Å². The second-order valence-electron chi connectivity index (χ2n) is 3.93. The fourth-order valence-electron chi connectivity index (χ4n) is 1.56. The summed E-state index contributed by atoms with van der Waals surface area (Å²) in [6.45, 7) is 4.06. The normalized spacial score (nSPS) is 11.5. The number of anilines is 1.